The van der Waals surface area contributed by atoms with Crippen LogP contribution in [0.3, 0.4) is 0 Å². The number of aryl methyl sites for hydroxylation is 1. The largest absolute Gasteiger partial charge is 0.488 e. The van der Waals surface area contributed by atoms with Gasteiger partial charge in [0.05, 0.1) is 31.0 Å². The SMILES string of the molecule is COC(=O)c1cccc(O[C@@H]2C[C@@H]3CN(Cc4cc(C)no4)C[C@@H]3C[C@H]2O)c1.O=CO. The van der Waals surface area contributed by atoms with Crippen LogP contribution in [0.15, 0.2) is 34.9 Å². The van der Waals surface area contributed by atoms with E-state index < -0.39 is 12.1 Å². The maximum absolute atomic E-state index is 11.7. The molecule has 1 aliphatic carbocycles. The Morgan fingerprint density at radius 1 is 1.29 bits per heavy atom. The average Bonchev–Trinajstić information content (AvgIpc) is 3.33. The normalized spacial score (nSPS) is 25.1. The molecule has 1 aromatic carbocycles. The van der Waals surface area contributed by atoms with Crippen molar-refractivity contribution in [3.8, 4) is 5.75 Å². The van der Waals surface area contributed by atoms with Crippen LogP contribution in [0.4, 0.5) is 0 Å². The lowest BCUT2D eigenvalue weighted by Gasteiger charge is -2.35. The molecule has 2 aromatic rings. The van der Waals surface area contributed by atoms with Crippen LogP contribution in [0.5, 0.6) is 5.75 Å². The van der Waals surface area contributed by atoms with Gasteiger partial charge >= 0.3 is 5.97 Å². The lowest BCUT2D eigenvalue weighted by molar-refractivity contribution is -0.122. The average molecular weight is 432 g/mol. The number of fused-ring (bicyclic) bond motifs is 1. The van der Waals surface area contributed by atoms with Gasteiger partial charge < -0.3 is 24.2 Å². The van der Waals surface area contributed by atoms with E-state index in [4.69, 9.17) is 23.9 Å². The molecule has 0 amide bonds. The molecule has 2 fully saturated rings. The lowest BCUT2D eigenvalue weighted by Crippen LogP contribution is -2.42. The highest BCUT2D eigenvalue weighted by Gasteiger charge is 2.42. The Morgan fingerprint density at radius 3 is 2.65 bits per heavy atom. The van der Waals surface area contributed by atoms with Crippen LogP contribution in [0, 0.1) is 18.8 Å². The second-order valence-electron chi connectivity index (χ2n) is 7.97. The number of benzene rings is 1. The van der Waals surface area contributed by atoms with Crippen molar-refractivity contribution < 1.29 is 33.8 Å². The van der Waals surface area contributed by atoms with E-state index in [0.29, 0.717) is 23.1 Å². The number of rotatable bonds is 5. The summed E-state index contributed by atoms with van der Waals surface area (Å²) in [6.45, 7) is 4.33. The summed E-state index contributed by atoms with van der Waals surface area (Å²) in [5.41, 5.74) is 1.34. The van der Waals surface area contributed by atoms with Crippen molar-refractivity contribution in [2.24, 2.45) is 11.8 Å². The Balaban J connectivity index is 0.000000858. The first kappa shape index (κ1) is 22.8. The standard InChI is InChI=1S/C21H26N2O5.CH2O2/c1-13-6-18(28-22-13)12-23-10-15-8-19(24)20(9-16(15)11-23)27-17-5-3-4-14(7-17)21(25)26-2;2-1-3/h3-7,15-16,19-20,24H,8-12H2,1-2H3;1H,(H,2,3)/t15-,16+,19+,20+;/m0./s1. The second-order valence-corrected chi connectivity index (χ2v) is 7.97. The van der Waals surface area contributed by atoms with Crippen LogP contribution in [-0.4, -0.2) is 65.1 Å². The molecule has 2 aliphatic rings. The maximum Gasteiger partial charge on any atom is 0.337 e. The number of aliphatic hydroxyl groups excluding tert-OH is 1. The van der Waals surface area contributed by atoms with E-state index >= 15 is 0 Å². The maximum atomic E-state index is 11.7. The van der Waals surface area contributed by atoms with Crippen molar-refractivity contribution in [2.45, 2.75) is 38.5 Å². The number of likely N-dealkylation sites (tertiary alicyclic amines) is 1. The Labute approximate surface area is 180 Å². The minimum Gasteiger partial charge on any atom is -0.488 e. The molecule has 168 valence electrons. The summed E-state index contributed by atoms with van der Waals surface area (Å²) >= 11 is 0. The van der Waals surface area contributed by atoms with Crippen LogP contribution in [0.1, 0.15) is 34.7 Å². The Kier molecular flexibility index (Phi) is 7.64. The Morgan fingerprint density at radius 2 is 2.00 bits per heavy atom. The van der Waals surface area contributed by atoms with Gasteiger partial charge in [0, 0.05) is 19.2 Å². The Bertz CT molecular complexity index is 884. The third-order valence-electron chi connectivity index (χ3n) is 5.76. The number of esters is 1. The number of carbonyl (C=O) groups is 2. The van der Waals surface area contributed by atoms with Crippen LogP contribution in [0.25, 0.3) is 0 Å². The molecule has 1 aliphatic heterocycles. The van der Waals surface area contributed by atoms with Crippen LogP contribution >= 0.6 is 0 Å². The molecule has 9 nitrogen and oxygen atoms in total. The molecule has 1 saturated carbocycles. The third kappa shape index (κ3) is 5.83. The van der Waals surface area contributed by atoms with Gasteiger partial charge in [-0.25, -0.2) is 4.79 Å². The van der Waals surface area contributed by atoms with E-state index in [1.54, 1.807) is 24.3 Å². The van der Waals surface area contributed by atoms with Gasteiger partial charge in [0.1, 0.15) is 11.9 Å². The number of nitrogens with zero attached hydrogens (tertiary/aromatic N) is 2. The van der Waals surface area contributed by atoms with Crippen LogP contribution < -0.4 is 4.74 Å². The summed E-state index contributed by atoms with van der Waals surface area (Å²) < 4.78 is 16.2. The summed E-state index contributed by atoms with van der Waals surface area (Å²) in [5, 5.41) is 21.5. The number of carboxylic acid groups (broad SMARTS) is 1. The number of carbonyl (C=O) groups excluding carboxylic acids is 1. The first-order valence-corrected chi connectivity index (χ1v) is 10.2. The first-order chi connectivity index (χ1) is 14.9. The predicted molar refractivity (Wildman–Crippen MR) is 110 cm³/mol. The summed E-state index contributed by atoms with van der Waals surface area (Å²) in [6, 6.07) is 8.88. The molecule has 31 heavy (non-hydrogen) atoms. The van der Waals surface area contributed by atoms with E-state index in [9.17, 15) is 9.90 Å². The smallest absolute Gasteiger partial charge is 0.337 e. The zero-order valence-corrected chi connectivity index (χ0v) is 17.6. The van der Waals surface area contributed by atoms with E-state index in [0.717, 1.165) is 43.9 Å². The fraction of sp³-hybridized carbons (Fsp3) is 0.500. The number of methoxy groups -OCH3 is 1. The summed E-state index contributed by atoms with van der Waals surface area (Å²) in [4.78, 5) is 22.4. The molecule has 1 aromatic heterocycles. The molecular weight excluding hydrogens is 404 g/mol. The molecule has 4 atom stereocenters. The highest BCUT2D eigenvalue weighted by Crippen LogP contribution is 2.38. The summed E-state index contributed by atoms with van der Waals surface area (Å²) in [5.74, 6) is 1.99. The number of aromatic nitrogens is 1. The van der Waals surface area contributed by atoms with E-state index in [1.165, 1.54) is 7.11 Å². The molecule has 9 heteroatoms. The summed E-state index contributed by atoms with van der Waals surface area (Å²) in [7, 11) is 1.35. The fourth-order valence-corrected chi connectivity index (χ4v) is 4.44. The molecule has 0 radical (unpaired) electrons. The highest BCUT2D eigenvalue weighted by atomic mass is 16.5. The van der Waals surface area contributed by atoms with Crippen LogP contribution in [0.2, 0.25) is 0 Å². The number of aliphatic hydroxyl groups is 1. The van der Waals surface area contributed by atoms with Crippen molar-refractivity contribution in [3.63, 3.8) is 0 Å². The van der Waals surface area contributed by atoms with E-state index in [1.807, 2.05) is 13.0 Å². The van der Waals surface area contributed by atoms with Gasteiger partial charge in [0.25, 0.3) is 6.47 Å². The second kappa shape index (κ2) is 10.4. The zero-order chi connectivity index (χ0) is 22.4. The molecule has 2 heterocycles. The molecule has 2 N–H and O–H groups in total. The molecule has 0 bridgehead atoms. The molecule has 0 spiro atoms. The lowest BCUT2D eigenvalue weighted by atomic mass is 9.78. The van der Waals surface area contributed by atoms with Gasteiger partial charge in [-0.15, -0.1) is 0 Å². The van der Waals surface area contributed by atoms with Crippen LogP contribution in [-0.2, 0) is 16.1 Å². The van der Waals surface area contributed by atoms with Crippen molar-refractivity contribution in [1.82, 2.24) is 10.1 Å². The fourth-order valence-electron chi connectivity index (χ4n) is 4.44. The molecular formula is C22H28N2O7. The minimum atomic E-state index is -0.518. The van der Waals surface area contributed by atoms with Gasteiger partial charge in [-0.05, 0) is 49.8 Å². The molecule has 1 saturated heterocycles. The van der Waals surface area contributed by atoms with Gasteiger partial charge in [-0.2, -0.15) is 0 Å². The monoisotopic (exact) mass is 432 g/mol. The molecule has 0 unspecified atom stereocenters. The predicted octanol–water partition coefficient (Wildman–Crippen LogP) is 2.12. The minimum absolute atomic E-state index is 0.250. The van der Waals surface area contributed by atoms with Gasteiger partial charge in [0.15, 0.2) is 5.76 Å². The number of hydrogen-bond donors (Lipinski definition) is 2. The van der Waals surface area contributed by atoms with Crippen molar-refractivity contribution in [3.05, 3.63) is 47.3 Å². The van der Waals surface area contributed by atoms with Crippen molar-refractivity contribution in [1.29, 1.82) is 0 Å². The quantitative estimate of drug-likeness (QED) is 0.540. The van der Waals surface area contributed by atoms with Gasteiger partial charge in [-0.1, -0.05) is 11.2 Å². The number of hydrogen-bond acceptors (Lipinski definition) is 8. The topological polar surface area (TPSA) is 122 Å². The van der Waals surface area contributed by atoms with E-state index in [-0.39, 0.29) is 12.6 Å². The zero-order valence-electron chi connectivity index (χ0n) is 17.6. The molecule has 4 rings (SSSR count). The first-order valence-electron chi connectivity index (χ1n) is 10.2. The number of ether oxygens (including phenoxy) is 2. The third-order valence-corrected chi connectivity index (χ3v) is 5.76. The summed E-state index contributed by atoms with van der Waals surface area (Å²) in [6.07, 6.45) is 0.718. The highest BCUT2D eigenvalue weighted by molar-refractivity contribution is 5.89. The van der Waals surface area contributed by atoms with Gasteiger partial charge in [-0.3, -0.25) is 9.69 Å². The van der Waals surface area contributed by atoms with E-state index in [2.05, 4.69) is 10.1 Å². The van der Waals surface area contributed by atoms with Crippen molar-refractivity contribution >= 4 is 12.4 Å². The Hall–Kier alpha value is -2.91. The van der Waals surface area contributed by atoms with Crippen molar-refractivity contribution in [2.75, 3.05) is 20.2 Å². The van der Waals surface area contributed by atoms with Gasteiger partial charge in [0.2, 0.25) is 0 Å².